The molecule has 4 nitrogen and oxygen atoms in total. The molecular weight excluding hydrogens is 264 g/mol. The van der Waals surface area contributed by atoms with E-state index >= 15 is 0 Å². The van der Waals surface area contributed by atoms with Gasteiger partial charge in [-0.25, -0.2) is 0 Å². The van der Waals surface area contributed by atoms with E-state index < -0.39 is 0 Å². The smallest absolute Gasteiger partial charge is 0.251 e. The van der Waals surface area contributed by atoms with Crippen molar-refractivity contribution >= 4 is 5.91 Å². The summed E-state index contributed by atoms with van der Waals surface area (Å²) in [6.07, 6.45) is 4.21. The Kier molecular flexibility index (Phi) is 5.23. The van der Waals surface area contributed by atoms with Crippen LogP contribution in [0.15, 0.2) is 24.3 Å². The molecule has 3 N–H and O–H groups in total. The van der Waals surface area contributed by atoms with Crippen LogP contribution in [0.25, 0.3) is 0 Å². The van der Waals surface area contributed by atoms with Crippen molar-refractivity contribution in [2.24, 2.45) is 11.7 Å². The Morgan fingerprint density at radius 1 is 1.38 bits per heavy atom. The molecule has 0 spiro atoms. The number of carbonyl (C=O) groups excluding carboxylic acids is 1. The predicted octanol–water partition coefficient (Wildman–Crippen LogP) is 2.72. The number of benzene rings is 1. The van der Waals surface area contributed by atoms with E-state index in [0.29, 0.717) is 24.6 Å². The normalized spacial score (nSPS) is 17.0. The molecule has 4 heteroatoms. The van der Waals surface area contributed by atoms with Crippen LogP contribution in [0.5, 0.6) is 5.75 Å². The van der Waals surface area contributed by atoms with Gasteiger partial charge in [-0.3, -0.25) is 4.79 Å². The van der Waals surface area contributed by atoms with E-state index in [1.807, 2.05) is 18.2 Å². The van der Waals surface area contributed by atoms with Crippen LogP contribution >= 0.6 is 0 Å². The van der Waals surface area contributed by atoms with E-state index in [1.54, 1.807) is 6.07 Å². The zero-order chi connectivity index (χ0) is 15.3. The number of ether oxygens (including phenoxy) is 1. The number of hydrogen-bond acceptors (Lipinski definition) is 3. The third kappa shape index (κ3) is 4.21. The van der Waals surface area contributed by atoms with Crippen molar-refractivity contribution in [3.63, 3.8) is 0 Å². The lowest BCUT2D eigenvalue weighted by atomic mass is 9.97. The molecule has 0 bridgehead atoms. The summed E-state index contributed by atoms with van der Waals surface area (Å²) in [4.78, 5) is 12.4. The van der Waals surface area contributed by atoms with Gasteiger partial charge in [0.05, 0.1) is 12.1 Å². The van der Waals surface area contributed by atoms with Crippen LogP contribution in [0.3, 0.4) is 0 Å². The first kappa shape index (κ1) is 15.8. The third-order valence-corrected chi connectivity index (χ3v) is 4.01. The van der Waals surface area contributed by atoms with Crippen molar-refractivity contribution in [1.82, 2.24) is 5.32 Å². The molecule has 0 aromatic heterocycles. The topological polar surface area (TPSA) is 64.3 Å². The fourth-order valence-electron chi connectivity index (χ4n) is 2.73. The third-order valence-electron chi connectivity index (χ3n) is 4.01. The maximum absolute atomic E-state index is 12.4. The molecule has 21 heavy (non-hydrogen) atoms. The molecule has 0 aliphatic heterocycles. The maximum Gasteiger partial charge on any atom is 0.251 e. The average molecular weight is 290 g/mol. The molecule has 0 saturated heterocycles. The van der Waals surface area contributed by atoms with Crippen molar-refractivity contribution in [3.05, 3.63) is 29.8 Å². The molecule has 0 atom stereocenters. The van der Waals surface area contributed by atoms with E-state index in [0.717, 1.165) is 31.4 Å². The summed E-state index contributed by atoms with van der Waals surface area (Å²) in [5.41, 5.74) is 6.29. The Labute approximate surface area is 127 Å². The minimum absolute atomic E-state index is 0.0580. The Morgan fingerprint density at radius 2 is 2.10 bits per heavy atom. The van der Waals surface area contributed by atoms with E-state index in [9.17, 15) is 4.79 Å². The molecule has 0 heterocycles. The van der Waals surface area contributed by atoms with Crippen LogP contribution in [-0.2, 0) is 0 Å². The van der Waals surface area contributed by atoms with Gasteiger partial charge in [0, 0.05) is 12.1 Å². The Balaban J connectivity index is 2.03. The largest absolute Gasteiger partial charge is 0.493 e. The summed E-state index contributed by atoms with van der Waals surface area (Å²) in [5.74, 6) is 1.14. The summed E-state index contributed by atoms with van der Waals surface area (Å²) < 4.78 is 5.68. The summed E-state index contributed by atoms with van der Waals surface area (Å²) in [6, 6.07) is 7.36. The fourth-order valence-corrected chi connectivity index (χ4v) is 2.73. The lowest BCUT2D eigenvalue weighted by molar-refractivity contribution is 0.0902. The Hall–Kier alpha value is -1.55. The van der Waals surface area contributed by atoms with Gasteiger partial charge in [0.1, 0.15) is 5.75 Å². The van der Waals surface area contributed by atoms with Crippen LogP contribution < -0.4 is 15.8 Å². The molecule has 1 aliphatic carbocycles. The molecular formula is C17H26N2O2. The van der Waals surface area contributed by atoms with E-state index in [1.165, 1.54) is 0 Å². The van der Waals surface area contributed by atoms with Gasteiger partial charge in [0.25, 0.3) is 5.91 Å². The molecule has 1 amide bonds. The highest BCUT2D eigenvalue weighted by Crippen LogP contribution is 2.29. The Morgan fingerprint density at radius 3 is 2.71 bits per heavy atom. The fraction of sp³-hybridized carbons (Fsp3) is 0.588. The van der Waals surface area contributed by atoms with Crippen LogP contribution in [0.4, 0.5) is 0 Å². The van der Waals surface area contributed by atoms with Gasteiger partial charge in [-0.2, -0.15) is 0 Å². The van der Waals surface area contributed by atoms with Gasteiger partial charge in [0.2, 0.25) is 0 Å². The first-order chi connectivity index (χ1) is 10.0. The van der Waals surface area contributed by atoms with Gasteiger partial charge in [-0.05, 0) is 37.0 Å². The number of nitrogens with one attached hydrogen (secondary N) is 1. The second-order valence-corrected chi connectivity index (χ2v) is 6.38. The Bertz CT molecular complexity index is 479. The van der Waals surface area contributed by atoms with Gasteiger partial charge in [-0.1, -0.05) is 32.8 Å². The first-order valence-corrected chi connectivity index (χ1v) is 7.80. The average Bonchev–Trinajstić information content (AvgIpc) is 2.94. The summed E-state index contributed by atoms with van der Waals surface area (Å²) in [7, 11) is 0. The van der Waals surface area contributed by atoms with Gasteiger partial charge in [-0.15, -0.1) is 0 Å². The molecule has 1 fully saturated rings. The maximum atomic E-state index is 12.4. The standard InChI is InChI=1S/C17H26N2O2/c1-13(2)11-21-15-7-5-6-14(10-15)16(20)19-17(12-18)8-3-4-9-17/h5-7,10,13H,3-4,8-9,11-12,18H2,1-2H3,(H,19,20). The van der Waals surface area contributed by atoms with Crippen molar-refractivity contribution in [3.8, 4) is 5.75 Å². The van der Waals surface area contributed by atoms with Gasteiger partial charge >= 0.3 is 0 Å². The van der Waals surface area contributed by atoms with Crippen molar-refractivity contribution in [1.29, 1.82) is 0 Å². The van der Waals surface area contributed by atoms with Crippen molar-refractivity contribution in [2.75, 3.05) is 13.2 Å². The van der Waals surface area contributed by atoms with Crippen LogP contribution in [0.1, 0.15) is 49.9 Å². The molecule has 2 rings (SSSR count). The molecule has 1 aromatic rings. The van der Waals surface area contributed by atoms with Gasteiger partial charge < -0.3 is 15.8 Å². The highest BCUT2D eigenvalue weighted by atomic mass is 16.5. The molecule has 116 valence electrons. The zero-order valence-corrected chi connectivity index (χ0v) is 13.0. The highest BCUT2D eigenvalue weighted by molar-refractivity contribution is 5.95. The van der Waals surface area contributed by atoms with E-state index in [-0.39, 0.29) is 11.4 Å². The van der Waals surface area contributed by atoms with E-state index in [2.05, 4.69) is 19.2 Å². The molecule has 1 saturated carbocycles. The summed E-state index contributed by atoms with van der Waals surface area (Å²) in [6.45, 7) is 5.35. The molecule has 0 radical (unpaired) electrons. The minimum atomic E-state index is -0.216. The van der Waals surface area contributed by atoms with Crippen LogP contribution in [0.2, 0.25) is 0 Å². The monoisotopic (exact) mass is 290 g/mol. The van der Waals surface area contributed by atoms with Crippen molar-refractivity contribution in [2.45, 2.75) is 45.1 Å². The number of rotatable bonds is 6. The van der Waals surface area contributed by atoms with Crippen LogP contribution in [0, 0.1) is 5.92 Å². The zero-order valence-electron chi connectivity index (χ0n) is 13.0. The summed E-state index contributed by atoms with van der Waals surface area (Å²) >= 11 is 0. The molecule has 1 aliphatic rings. The SMILES string of the molecule is CC(C)COc1cccc(C(=O)NC2(CN)CCCC2)c1. The predicted molar refractivity (Wildman–Crippen MR) is 84.5 cm³/mol. The van der Waals surface area contributed by atoms with Gasteiger partial charge in [0.15, 0.2) is 0 Å². The van der Waals surface area contributed by atoms with Crippen LogP contribution in [-0.4, -0.2) is 24.6 Å². The molecule has 1 aromatic carbocycles. The lowest BCUT2D eigenvalue weighted by Crippen LogP contribution is -2.51. The highest BCUT2D eigenvalue weighted by Gasteiger charge is 2.34. The first-order valence-electron chi connectivity index (χ1n) is 7.80. The molecule has 0 unspecified atom stereocenters. The lowest BCUT2D eigenvalue weighted by Gasteiger charge is -2.28. The summed E-state index contributed by atoms with van der Waals surface area (Å²) in [5, 5.41) is 3.13. The number of carbonyl (C=O) groups is 1. The second kappa shape index (κ2) is 6.94. The second-order valence-electron chi connectivity index (χ2n) is 6.38. The quantitative estimate of drug-likeness (QED) is 0.846. The number of hydrogen-bond donors (Lipinski definition) is 2. The van der Waals surface area contributed by atoms with Crippen molar-refractivity contribution < 1.29 is 9.53 Å². The number of nitrogens with two attached hydrogens (primary N) is 1. The van der Waals surface area contributed by atoms with E-state index in [4.69, 9.17) is 10.5 Å². The minimum Gasteiger partial charge on any atom is -0.493 e. The number of amides is 1.